The molecule has 1 aromatic rings. The van der Waals surface area contributed by atoms with Crippen LogP contribution in [0.3, 0.4) is 0 Å². The molecule has 2 rings (SSSR count). The lowest BCUT2D eigenvalue weighted by molar-refractivity contribution is -0.105. The highest BCUT2D eigenvalue weighted by molar-refractivity contribution is 9.10. The molecule has 1 N–H and O–H groups in total. The highest BCUT2D eigenvalue weighted by Gasteiger charge is 2.65. The Morgan fingerprint density at radius 2 is 1.53 bits per heavy atom. The van der Waals surface area contributed by atoms with Gasteiger partial charge in [0.15, 0.2) is 0 Å². The Balaban J connectivity index is 2.83. The third-order valence-electron chi connectivity index (χ3n) is 4.25. The molecule has 0 aromatic heterocycles. The van der Waals surface area contributed by atoms with E-state index in [0.717, 1.165) is 0 Å². The first-order valence-electron chi connectivity index (χ1n) is 5.90. The van der Waals surface area contributed by atoms with Crippen molar-refractivity contribution in [2.75, 3.05) is 0 Å². The first kappa shape index (κ1) is 14.4. The summed E-state index contributed by atoms with van der Waals surface area (Å²) in [6.45, 7) is 5.90. The topological polar surface area (TPSA) is 37.3 Å². The number of carboxylic acids is 1. The number of hydrogen-bond acceptors (Lipinski definition) is 1. The zero-order valence-electron chi connectivity index (χ0n) is 11.1. The molecule has 0 fully saturated rings. The number of carboxylic acid groups (broad SMARTS) is 1. The molecule has 1 aromatic carbocycles. The van der Waals surface area contributed by atoms with Crippen molar-refractivity contribution in [3.05, 3.63) is 33.3 Å². The molecule has 0 amide bonds. The summed E-state index contributed by atoms with van der Waals surface area (Å²) in [5.74, 6) is -4.07. The van der Waals surface area contributed by atoms with E-state index < -0.39 is 22.7 Å². The standard InChI is InChI=1S/C14H15BrF2O2/c1-12(2)8-5-7(11(18)19)10(15)6-9(8)13(3,4)14(12,16)17/h5-6H,1-4H3,(H,18,19). The monoisotopic (exact) mass is 332 g/mol. The van der Waals surface area contributed by atoms with Crippen molar-refractivity contribution in [2.45, 2.75) is 44.4 Å². The van der Waals surface area contributed by atoms with Gasteiger partial charge < -0.3 is 5.11 Å². The van der Waals surface area contributed by atoms with Gasteiger partial charge >= 0.3 is 5.97 Å². The highest BCUT2D eigenvalue weighted by atomic mass is 79.9. The third kappa shape index (κ3) is 1.60. The van der Waals surface area contributed by atoms with E-state index in [4.69, 9.17) is 5.11 Å². The van der Waals surface area contributed by atoms with Gasteiger partial charge in [0.2, 0.25) is 0 Å². The summed E-state index contributed by atoms with van der Waals surface area (Å²) in [6.07, 6.45) is 0. The predicted molar refractivity (Wildman–Crippen MR) is 72.1 cm³/mol. The van der Waals surface area contributed by atoms with Gasteiger partial charge in [0.1, 0.15) is 0 Å². The molecule has 19 heavy (non-hydrogen) atoms. The number of rotatable bonds is 1. The van der Waals surface area contributed by atoms with Crippen LogP contribution in [-0.4, -0.2) is 17.0 Å². The van der Waals surface area contributed by atoms with E-state index in [1.54, 1.807) is 0 Å². The van der Waals surface area contributed by atoms with Crippen molar-refractivity contribution in [3.63, 3.8) is 0 Å². The lowest BCUT2D eigenvalue weighted by Crippen LogP contribution is -2.46. The summed E-state index contributed by atoms with van der Waals surface area (Å²) < 4.78 is 29.5. The fraction of sp³-hybridized carbons (Fsp3) is 0.500. The molecule has 5 heteroatoms. The summed E-state index contributed by atoms with van der Waals surface area (Å²) in [7, 11) is 0. The first-order chi connectivity index (χ1) is 8.44. The summed E-state index contributed by atoms with van der Waals surface area (Å²) in [5.41, 5.74) is -1.80. The van der Waals surface area contributed by atoms with Crippen LogP contribution in [0, 0.1) is 0 Å². The maximum Gasteiger partial charge on any atom is 0.336 e. The Hall–Kier alpha value is -0.970. The Morgan fingerprint density at radius 1 is 1.11 bits per heavy atom. The van der Waals surface area contributed by atoms with E-state index in [2.05, 4.69) is 15.9 Å². The predicted octanol–water partition coefficient (Wildman–Crippen LogP) is 4.35. The van der Waals surface area contributed by atoms with Gasteiger partial charge in [0.05, 0.1) is 16.4 Å². The average molecular weight is 333 g/mol. The van der Waals surface area contributed by atoms with Crippen LogP contribution in [0.1, 0.15) is 49.2 Å². The Bertz CT molecular complexity index is 577. The van der Waals surface area contributed by atoms with Gasteiger partial charge in [-0.1, -0.05) is 0 Å². The van der Waals surface area contributed by atoms with Crippen LogP contribution in [0.5, 0.6) is 0 Å². The van der Waals surface area contributed by atoms with Crippen LogP contribution in [-0.2, 0) is 10.8 Å². The molecule has 1 aliphatic carbocycles. The van der Waals surface area contributed by atoms with Crippen LogP contribution in [0.15, 0.2) is 16.6 Å². The SMILES string of the molecule is CC1(C)c2cc(Br)c(C(=O)O)cc2C(C)(C)C1(F)F. The molecular weight excluding hydrogens is 318 g/mol. The Labute approximate surface area is 118 Å². The van der Waals surface area contributed by atoms with Gasteiger partial charge in [0, 0.05) is 4.47 Å². The largest absolute Gasteiger partial charge is 0.478 e. The molecule has 0 atom stereocenters. The molecule has 0 heterocycles. The van der Waals surface area contributed by atoms with Crippen LogP contribution >= 0.6 is 15.9 Å². The number of carbonyl (C=O) groups is 1. The maximum absolute atomic E-state index is 14.6. The average Bonchev–Trinajstić information content (AvgIpc) is 2.35. The smallest absolute Gasteiger partial charge is 0.336 e. The number of fused-ring (bicyclic) bond motifs is 1. The summed E-state index contributed by atoms with van der Waals surface area (Å²) in [4.78, 5) is 11.1. The van der Waals surface area contributed by atoms with Crippen molar-refractivity contribution in [1.29, 1.82) is 0 Å². The van der Waals surface area contributed by atoms with E-state index in [9.17, 15) is 13.6 Å². The fourth-order valence-corrected chi connectivity index (χ4v) is 3.40. The van der Waals surface area contributed by atoms with Gasteiger partial charge in [0.25, 0.3) is 5.92 Å². The number of hydrogen-bond donors (Lipinski definition) is 1. The van der Waals surface area contributed by atoms with E-state index >= 15 is 0 Å². The van der Waals surface area contributed by atoms with Crippen molar-refractivity contribution >= 4 is 21.9 Å². The lowest BCUT2D eigenvalue weighted by Gasteiger charge is -2.35. The van der Waals surface area contributed by atoms with Gasteiger partial charge in [-0.25, -0.2) is 13.6 Å². The zero-order valence-corrected chi connectivity index (χ0v) is 12.7. The molecule has 0 spiro atoms. The van der Waals surface area contributed by atoms with Gasteiger partial charge in [-0.15, -0.1) is 0 Å². The molecule has 0 aliphatic heterocycles. The molecule has 2 nitrogen and oxygen atoms in total. The molecule has 104 valence electrons. The molecule has 0 radical (unpaired) electrons. The molecule has 0 saturated heterocycles. The number of aromatic carboxylic acids is 1. The minimum Gasteiger partial charge on any atom is -0.478 e. The minimum atomic E-state index is -2.95. The van der Waals surface area contributed by atoms with E-state index in [1.165, 1.54) is 39.8 Å². The zero-order chi connectivity index (χ0) is 14.8. The van der Waals surface area contributed by atoms with E-state index in [1.807, 2.05) is 0 Å². The maximum atomic E-state index is 14.6. The minimum absolute atomic E-state index is 0.0142. The van der Waals surface area contributed by atoms with Crippen LogP contribution in [0.4, 0.5) is 8.78 Å². The highest BCUT2D eigenvalue weighted by Crippen LogP contribution is 2.59. The number of halogens is 3. The fourth-order valence-electron chi connectivity index (χ4n) is 2.89. The molecule has 0 saturated carbocycles. The first-order valence-corrected chi connectivity index (χ1v) is 6.69. The normalized spacial score (nSPS) is 22.1. The van der Waals surface area contributed by atoms with E-state index in [-0.39, 0.29) is 5.56 Å². The van der Waals surface area contributed by atoms with Crippen molar-refractivity contribution in [3.8, 4) is 0 Å². The molecule has 0 unspecified atom stereocenters. The van der Waals surface area contributed by atoms with Crippen LogP contribution in [0.2, 0.25) is 0 Å². The van der Waals surface area contributed by atoms with Crippen molar-refractivity contribution in [2.24, 2.45) is 0 Å². The summed E-state index contributed by atoms with van der Waals surface area (Å²) in [5, 5.41) is 9.11. The quantitative estimate of drug-likeness (QED) is 0.830. The second-order valence-corrected chi connectivity index (χ2v) is 6.86. The molecule has 0 bridgehead atoms. The van der Waals surface area contributed by atoms with Gasteiger partial charge in [-0.2, -0.15) is 0 Å². The van der Waals surface area contributed by atoms with Gasteiger partial charge in [-0.3, -0.25) is 0 Å². The van der Waals surface area contributed by atoms with Crippen molar-refractivity contribution in [1.82, 2.24) is 0 Å². The lowest BCUT2D eigenvalue weighted by atomic mass is 9.77. The van der Waals surface area contributed by atoms with Crippen LogP contribution < -0.4 is 0 Å². The Kier molecular flexibility index (Phi) is 2.87. The van der Waals surface area contributed by atoms with Crippen LogP contribution in [0.25, 0.3) is 0 Å². The summed E-state index contributed by atoms with van der Waals surface area (Å²) in [6, 6.07) is 2.88. The second kappa shape index (κ2) is 3.78. The number of benzene rings is 1. The van der Waals surface area contributed by atoms with E-state index in [0.29, 0.717) is 15.6 Å². The Morgan fingerprint density at radius 3 is 1.95 bits per heavy atom. The second-order valence-electron chi connectivity index (χ2n) is 6.01. The summed E-state index contributed by atoms with van der Waals surface area (Å²) >= 11 is 3.15. The van der Waals surface area contributed by atoms with Gasteiger partial charge in [-0.05, 0) is 66.9 Å². The molecule has 1 aliphatic rings. The third-order valence-corrected chi connectivity index (χ3v) is 4.91. The number of alkyl halides is 2. The van der Waals surface area contributed by atoms with Crippen molar-refractivity contribution < 1.29 is 18.7 Å². The molecular formula is C14H15BrF2O2.